The minimum Gasteiger partial charge on any atom is -0.382 e. The van der Waals surface area contributed by atoms with Crippen LogP contribution < -0.4 is 5.32 Å². The summed E-state index contributed by atoms with van der Waals surface area (Å²) in [5.41, 5.74) is -0.277. The van der Waals surface area contributed by atoms with Gasteiger partial charge in [-0.25, -0.2) is 0 Å². The molecule has 0 rings (SSSR count). The molecule has 0 aromatic rings. The molecule has 0 saturated heterocycles. The first-order valence-corrected chi connectivity index (χ1v) is 4.02. The van der Waals surface area contributed by atoms with E-state index in [-0.39, 0.29) is 11.2 Å². The van der Waals surface area contributed by atoms with Gasteiger partial charge in [0.1, 0.15) is 5.78 Å². The Bertz CT molecular complexity index is 169. The lowest BCUT2D eigenvalue weighted by atomic mass is 9.89. The van der Waals surface area contributed by atoms with Gasteiger partial charge in [0.15, 0.2) is 0 Å². The lowest BCUT2D eigenvalue weighted by molar-refractivity contribution is -0.125. The van der Waals surface area contributed by atoms with Crippen molar-refractivity contribution in [2.24, 2.45) is 5.41 Å². The quantitative estimate of drug-likeness (QED) is 0.642. The lowest BCUT2D eigenvalue weighted by Gasteiger charge is -2.16. The molecule has 0 aromatic carbocycles. The van der Waals surface area contributed by atoms with E-state index in [9.17, 15) is 4.79 Å². The molecule has 0 aliphatic carbocycles. The van der Waals surface area contributed by atoms with Crippen molar-refractivity contribution in [2.45, 2.75) is 27.2 Å². The predicted molar refractivity (Wildman–Crippen MR) is 50.7 cm³/mol. The van der Waals surface area contributed by atoms with Crippen LogP contribution in [0.3, 0.4) is 0 Å². The molecule has 2 nitrogen and oxygen atoms in total. The molecule has 0 fully saturated rings. The molecule has 0 saturated carbocycles. The number of Topliss-reactive ketones (excluding diaryl/α,β-unsaturated/α-hetero) is 1. The van der Waals surface area contributed by atoms with Gasteiger partial charge in [-0.2, -0.15) is 0 Å². The molecule has 3 heteroatoms. The van der Waals surface area contributed by atoms with Crippen LogP contribution >= 0.6 is 12.2 Å². The zero-order valence-corrected chi connectivity index (χ0v) is 8.34. The number of carbonyl (C=O) groups excluding carboxylic acids is 1. The maximum Gasteiger partial charge on any atom is 0.144 e. The number of nitrogens with one attached hydrogen (secondary N) is 1. The van der Waals surface area contributed by atoms with Gasteiger partial charge in [-0.05, 0) is 0 Å². The van der Waals surface area contributed by atoms with E-state index in [2.05, 4.69) is 5.32 Å². The third-order valence-electron chi connectivity index (χ3n) is 1.44. The number of rotatable bonds is 2. The van der Waals surface area contributed by atoms with Crippen molar-refractivity contribution in [3.63, 3.8) is 0 Å². The molecular formula is C8H15NOS. The summed E-state index contributed by atoms with van der Waals surface area (Å²) < 4.78 is 0. The summed E-state index contributed by atoms with van der Waals surface area (Å²) in [6, 6.07) is 0. The van der Waals surface area contributed by atoms with E-state index in [1.165, 1.54) is 0 Å². The fraction of sp³-hybridized carbons (Fsp3) is 0.750. The fourth-order valence-corrected chi connectivity index (χ4v) is 0.630. The summed E-state index contributed by atoms with van der Waals surface area (Å²) in [4.78, 5) is 11.9. The van der Waals surface area contributed by atoms with Gasteiger partial charge in [0, 0.05) is 12.5 Å². The molecule has 0 unspecified atom stereocenters. The van der Waals surface area contributed by atoms with Gasteiger partial charge in [0.2, 0.25) is 0 Å². The van der Waals surface area contributed by atoms with Gasteiger partial charge in [-0.3, -0.25) is 4.79 Å². The minimum atomic E-state index is -0.277. The average Bonchev–Trinajstić information content (AvgIpc) is 1.85. The Balaban J connectivity index is 3.99. The normalized spacial score (nSPS) is 10.9. The van der Waals surface area contributed by atoms with Gasteiger partial charge in [-0.15, -0.1) is 0 Å². The summed E-state index contributed by atoms with van der Waals surface area (Å²) >= 11 is 4.87. The van der Waals surface area contributed by atoms with Gasteiger partial charge in [0.05, 0.1) is 11.4 Å². The first-order chi connectivity index (χ1) is 4.88. The van der Waals surface area contributed by atoms with Crippen LogP contribution in [0.1, 0.15) is 27.2 Å². The highest BCUT2D eigenvalue weighted by Crippen LogP contribution is 2.16. The second-order valence-corrected chi connectivity index (χ2v) is 4.02. The van der Waals surface area contributed by atoms with Crippen molar-refractivity contribution in [2.75, 3.05) is 7.05 Å². The number of hydrogen-bond acceptors (Lipinski definition) is 2. The molecule has 0 bridgehead atoms. The van der Waals surface area contributed by atoms with Crippen LogP contribution in [0.25, 0.3) is 0 Å². The van der Waals surface area contributed by atoms with Crippen LogP contribution in [-0.2, 0) is 4.79 Å². The Labute approximate surface area is 73.4 Å². The second kappa shape index (κ2) is 3.81. The molecule has 0 atom stereocenters. The monoisotopic (exact) mass is 173 g/mol. The molecule has 0 heterocycles. The smallest absolute Gasteiger partial charge is 0.144 e. The molecule has 0 aliphatic heterocycles. The van der Waals surface area contributed by atoms with Crippen LogP contribution in [0.2, 0.25) is 0 Å². The molecule has 1 N–H and O–H groups in total. The van der Waals surface area contributed by atoms with Crippen molar-refractivity contribution in [3.05, 3.63) is 0 Å². The van der Waals surface area contributed by atoms with Crippen LogP contribution in [0.5, 0.6) is 0 Å². The first kappa shape index (κ1) is 10.6. The molecule has 11 heavy (non-hydrogen) atoms. The van der Waals surface area contributed by atoms with Gasteiger partial charge in [-0.1, -0.05) is 33.0 Å². The Morgan fingerprint density at radius 1 is 1.45 bits per heavy atom. The minimum absolute atomic E-state index is 0.178. The molecule has 64 valence electrons. The topological polar surface area (TPSA) is 29.1 Å². The van der Waals surface area contributed by atoms with Crippen LogP contribution in [-0.4, -0.2) is 17.8 Å². The van der Waals surface area contributed by atoms with E-state index in [1.54, 1.807) is 7.05 Å². The van der Waals surface area contributed by atoms with Crippen LogP contribution in [0, 0.1) is 5.41 Å². The molecule has 0 spiro atoms. The third kappa shape index (κ3) is 4.09. The van der Waals surface area contributed by atoms with Gasteiger partial charge in [0.25, 0.3) is 0 Å². The average molecular weight is 173 g/mol. The Morgan fingerprint density at radius 2 is 1.91 bits per heavy atom. The number of thiocarbonyl (C=S) groups is 1. The van der Waals surface area contributed by atoms with Crippen molar-refractivity contribution < 1.29 is 4.79 Å². The molecule has 0 amide bonds. The molecule has 0 aromatic heterocycles. The molecular weight excluding hydrogens is 158 g/mol. The fourth-order valence-electron chi connectivity index (χ4n) is 0.499. The summed E-state index contributed by atoms with van der Waals surface area (Å²) in [6.07, 6.45) is 0.356. The number of carbonyl (C=O) groups is 1. The van der Waals surface area contributed by atoms with E-state index in [1.807, 2.05) is 20.8 Å². The highest BCUT2D eigenvalue weighted by atomic mass is 32.1. The standard InChI is InChI=1S/C8H15NOS/c1-8(2,3)6(10)5-7(11)9-4/h5H2,1-4H3,(H,9,11). The molecule has 0 radical (unpaired) electrons. The van der Waals surface area contributed by atoms with E-state index < -0.39 is 0 Å². The van der Waals surface area contributed by atoms with E-state index in [0.29, 0.717) is 11.4 Å². The maximum atomic E-state index is 11.3. The van der Waals surface area contributed by atoms with Gasteiger partial charge >= 0.3 is 0 Å². The maximum absolute atomic E-state index is 11.3. The zero-order chi connectivity index (χ0) is 9.07. The van der Waals surface area contributed by atoms with Crippen LogP contribution in [0.4, 0.5) is 0 Å². The summed E-state index contributed by atoms with van der Waals surface area (Å²) in [5, 5.41) is 2.78. The SMILES string of the molecule is CNC(=S)CC(=O)C(C)(C)C. The van der Waals surface area contributed by atoms with E-state index >= 15 is 0 Å². The van der Waals surface area contributed by atoms with Crippen molar-refractivity contribution in [1.29, 1.82) is 0 Å². The summed E-state index contributed by atoms with van der Waals surface area (Å²) in [7, 11) is 1.73. The zero-order valence-electron chi connectivity index (χ0n) is 7.52. The largest absolute Gasteiger partial charge is 0.382 e. The second-order valence-electron chi connectivity index (χ2n) is 3.52. The summed E-state index contributed by atoms with van der Waals surface area (Å²) in [6.45, 7) is 5.69. The van der Waals surface area contributed by atoms with Crippen LogP contribution in [0.15, 0.2) is 0 Å². The lowest BCUT2D eigenvalue weighted by Crippen LogP contribution is -2.27. The number of hydrogen-bond donors (Lipinski definition) is 1. The Morgan fingerprint density at radius 3 is 2.18 bits per heavy atom. The first-order valence-electron chi connectivity index (χ1n) is 3.62. The van der Waals surface area contributed by atoms with Crippen molar-refractivity contribution in [1.82, 2.24) is 5.32 Å². The predicted octanol–water partition coefficient (Wildman–Crippen LogP) is 1.54. The van der Waals surface area contributed by atoms with E-state index in [4.69, 9.17) is 12.2 Å². The number of ketones is 1. The van der Waals surface area contributed by atoms with Crippen molar-refractivity contribution >= 4 is 23.0 Å². The highest BCUT2D eigenvalue weighted by Gasteiger charge is 2.21. The van der Waals surface area contributed by atoms with Gasteiger partial charge < -0.3 is 5.32 Å². The highest BCUT2D eigenvalue weighted by molar-refractivity contribution is 7.80. The Hall–Kier alpha value is -0.440. The van der Waals surface area contributed by atoms with E-state index in [0.717, 1.165) is 0 Å². The molecule has 0 aliphatic rings. The van der Waals surface area contributed by atoms with Crippen molar-refractivity contribution in [3.8, 4) is 0 Å². The third-order valence-corrected chi connectivity index (χ3v) is 1.78. The Kier molecular flexibility index (Phi) is 3.66. The summed E-state index contributed by atoms with van der Waals surface area (Å²) in [5.74, 6) is 0.178.